The van der Waals surface area contributed by atoms with E-state index in [0.29, 0.717) is 12.5 Å². The zero-order chi connectivity index (χ0) is 15.4. The largest absolute Gasteiger partial charge is 0.350 e. The first-order valence-electron chi connectivity index (χ1n) is 7.32. The predicted octanol–water partition coefficient (Wildman–Crippen LogP) is 2.95. The van der Waals surface area contributed by atoms with Crippen LogP contribution in [0, 0.1) is 13.8 Å². The highest BCUT2D eigenvalue weighted by Crippen LogP contribution is 2.16. The average molecular weight is 293 g/mol. The molecule has 0 atom stereocenters. The summed E-state index contributed by atoms with van der Waals surface area (Å²) in [6.07, 6.45) is 3.46. The van der Waals surface area contributed by atoms with Crippen LogP contribution >= 0.6 is 0 Å². The molecule has 0 spiro atoms. The molecule has 112 valence electrons. The Morgan fingerprint density at radius 3 is 2.45 bits per heavy atom. The van der Waals surface area contributed by atoms with Crippen LogP contribution in [0.5, 0.6) is 0 Å². The number of nitrogens with zero attached hydrogens (tertiary/aromatic N) is 4. The number of aryl methyl sites for hydroxylation is 1. The minimum Gasteiger partial charge on any atom is -0.350 e. The number of anilines is 1. The molecule has 0 aliphatic rings. The Labute approximate surface area is 130 Å². The fraction of sp³-hybridized carbons (Fsp3) is 0.235. The van der Waals surface area contributed by atoms with Gasteiger partial charge >= 0.3 is 0 Å². The molecule has 1 N–H and O–H groups in total. The van der Waals surface area contributed by atoms with E-state index in [-0.39, 0.29) is 0 Å². The van der Waals surface area contributed by atoms with Gasteiger partial charge in [0.2, 0.25) is 5.95 Å². The lowest BCUT2D eigenvalue weighted by Gasteiger charge is -2.07. The summed E-state index contributed by atoms with van der Waals surface area (Å²) >= 11 is 0. The van der Waals surface area contributed by atoms with Crippen molar-refractivity contribution < 1.29 is 0 Å². The van der Waals surface area contributed by atoms with Crippen LogP contribution in [0.25, 0.3) is 0 Å². The highest BCUT2D eigenvalue weighted by atomic mass is 15.3. The molecule has 3 aromatic rings. The van der Waals surface area contributed by atoms with Crippen molar-refractivity contribution in [2.45, 2.75) is 26.9 Å². The van der Waals surface area contributed by atoms with Crippen LogP contribution < -0.4 is 5.32 Å². The highest BCUT2D eigenvalue weighted by molar-refractivity contribution is 5.31. The van der Waals surface area contributed by atoms with Gasteiger partial charge in [0, 0.05) is 30.2 Å². The summed E-state index contributed by atoms with van der Waals surface area (Å²) in [6, 6.07) is 12.2. The van der Waals surface area contributed by atoms with E-state index in [9.17, 15) is 0 Å². The molecule has 0 saturated heterocycles. The molecule has 0 amide bonds. The molecule has 0 aliphatic heterocycles. The maximum Gasteiger partial charge on any atom is 0.222 e. The fourth-order valence-electron chi connectivity index (χ4n) is 2.46. The summed E-state index contributed by atoms with van der Waals surface area (Å²) in [5, 5.41) is 7.90. The van der Waals surface area contributed by atoms with Crippen molar-refractivity contribution in [2.75, 3.05) is 5.32 Å². The third kappa shape index (κ3) is 3.14. The number of rotatable bonds is 5. The maximum atomic E-state index is 4.65. The average Bonchev–Trinajstić information content (AvgIpc) is 2.81. The monoisotopic (exact) mass is 293 g/mol. The van der Waals surface area contributed by atoms with Gasteiger partial charge < -0.3 is 5.32 Å². The van der Waals surface area contributed by atoms with Crippen molar-refractivity contribution in [1.82, 2.24) is 19.7 Å². The van der Waals surface area contributed by atoms with E-state index in [1.165, 1.54) is 16.8 Å². The van der Waals surface area contributed by atoms with Gasteiger partial charge in [-0.25, -0.2) is 9.97 Å². The van der Waals surface area contributed by atoms with E-state index in [1.54, 1.807) is 18.5 Å². The van der Waals surface area contributed by atoms with Crippen LogP contribution in [0.1, 0.15) is 22.5 Å². The van der Waals surface area contributed by atoms with Crippen LogP contribution in [-0.2, 0) is 13.1 Å². The van der Waals surface area contributed by atoms with Crippen LogP contribution in [0.4, 0.5) is 5.95 Å². The minimum atomic E-state index is 0.636. The number of hydrogen-bond donors (Lipinski definition) is 1. The van der Waals surface area contributed by atoms with Crippen LogP contribution in [0.15, 0.2) is 48.8 Å². The van der Waals surface area contributed by atoms with E-state index in [0.717, 1.165) is 12.2 Å². The first kappa shape index (κ1) is 14.3. The molecule has 0 bridgehead atoms. The number of nitrogens with one attached hydrogen (secondary N) is 1. The van der Waals surface area contributed by atoms with Crippen LogP contribution in [0.3, 0.4) is 0 Å². The van der Waals surface area contributed by atoms with Gasteiger partial charge in [0.15, 0.2) is 0 Å². The molecule has 0 radical (unpaired) electrons. The molecule has 0 fully saturated rings. The van der Waals surface area contributed by atoms with E-state index in [2.05, 4.69) is 51.6 Å². The molecule has 5 heteroatoms. The maximum absolute atomic E-state index is 4.65. The summed E-state index contributed by atoms with van der Waals surface area (Å²) in [5.41, 5.74) is 4.66. The number of hydrogen-bond acceptors (Lipinski definition) is 4. The Morgan fingerprint density at radius 1 is 1.00 bits per heavy atom. The second-order valence-corrected chi connectivity index (χ2v) is 5.22. The van der Waals surface area contributed by atoms with Gasteiger partial charge in [-0.15, -0.1) is 0 Å². The molecular weight excluding hydrogens is 274 g/mol. The van der Waals surface area contributed by atoms with Crippen molar-refractivity contribution in [2.24, 2.45) is 0 Å². The van der Waals surface area contributed by atoms with E-state index >= 15 is 0 Å². The molecule has 0 saturated carbocycles. The Kier molecular flexibility index (Phi) is 4.14. The topological polar surface area (TPSA) is 55.6 Å². The minimum absolute atomic E-state index is 0.636. The van der Waals surface area contributed by atoms with Crippen LogP contribution in [-0.4, -0.2) is 19.7 Å². The second kappa shape index (κ2) is 6.39. The smallest absolute Gasteiger partial charge is 0.222 e. The standard InChI is InChI=1S/C17H19N5/c1-13-16(11-20-17-18-9-6-10-19-17)14(2)22(21-13)12-15-7-4-3-5-8-15/h3-10H,11-12H2,1-2H3,(H,18,19,20). The van der Waals surface area contributed by atoms with Crippen molar-refractivity contribution >= 4 is 5.95 Å². The molecule has 2 heterocycles. The third-order valence-electron chi connectivity index (χ3n) is 3.70. The van der Waals surface area contributed by atoms with E-state index < -0.39 is 0 Å². The van der Waals surface area contributed by atoms with Crippen molar-refractivity contribution in [3.8, 4) is 0 Å². The SMILES string of the molecule is Cc1nn(Cc2ccccc2)c(C)c1CNc1ncccn1. The quantitative estimate of drug-likeness (QED) is 0.786. The van der Waals surface area contributed by atoms with Crippen molar-refractivity contribution in [1.29, 1.82) is 0 Å². The van der Waals surface area contributed by atoms with Gasteiger partial charge in [-0.05, 0) is 25.5 Å². The van der Waals surface area contributed by atoms with Gasteiger partial charge in [0.05, 0.1) is 12.2 Å². The number of benzene rings is 1. The van der Waals surface area contributed by atoms with Gasteiger partial charge in [0.25, 0.3) is 0 Å². The summed E-state index contributed by atoms with van der Waals surface area (Å²) in [5.74, 6) is 0.636. The molecular formula is C17H19N5. The Balaban J connectivity index is 1.75. The predicted molar refractivity (Wildman–Crippen MR) is 86.6 cm³/mol. The van der Waals surface area contributed by atoms with Gasteiger partial charge in [-0.2, -0.15) is 5.10 Å². The van der Waals surface area contributed by atoms with E-state index in [1.807, 2.05) is 17.7 Å². The molecule has 5 nitrogen and oxygen atoms in total. The summed E-state index contributed by atoms with van der Waals surface area (Å²) in [6.45, 7) is 5.61. The summed E-state index contributed by atoms with van der Waals surface area (Å²) in [4.78, 5) is 8.36. The highest BCUT2D eigenvalue weighted by Gasteiger charge is 2.11. The molecule has 2 aromatic heterocycles. The summed E-state index contributed by atoms with van der Waals surface area (Å²) in [7, 11) is 0. The van der Waals surface area contributed by atoms with E-state index in [4.69, 9.17) is 0 Å². The molecule has 0 unspecified atom stereocenters. The first-order chi connectivity index (χ1) is 10.7. The van der Waals surface area contributed by atoms with Crippen molar-refractivity contribution in [3.63, 3.8) is 0 Å². The Morgan fingerprint density at radius 2 is 1.73 bits per heavy atom. The van der Waals surface area contributed by atoms with Gasteiger partial charge in [-0.3, -0.25) is 4.68 Å². The lowest BCUT2D eigenvalue weighted by atomic mass is 10.2. The molecule has 1 aromatic carbocycles. The lowest BCUT2D eigenvalue weighted by Crippen LogP contribution is -2.06. The molecule has 3 rings (SSSR count). The first-order valence-corrected chi connectivity index (χ1v) is 7.32. The Bertz CT molecular complexity index is 735. The van der Waals surface area contributed by atoms with Crippen molar-refractivity contribution in [3.05, 3.63) is 71.3 Å². The second-order valence-electron chi connectivity index (χ2n) is 5.22. The van der Waals surface area contributed by atoms with Gasteiger partial charge in [-0.1, -0.05) is 30.3 Å². The zero-order valence-corrected chi connectivity index (χ0v) is 12.8. The fourth-order valence-corrected chi connectivity index (χ4v) is 2.46. The normalized spacial score (nSPS) is 10.6. The molecule has 22 heavy (non-hydrogen) atoms. The lowest BCUT2D eigenvalue weighted by molar-refractivity contribution is 0.658. The molecule has 0 aliphatic carbocycles. The summed E-state index contributed by atoms with van der Waals surface area (Å²) < 4.78 is 2.05. The Hall–Kier alpha value is -2.69. The third-order valence-corrected chi connectivity index (χ3v) is 3.70. The zero-order valence-electron chi connectivity index (χ0n) is 12.8. The van der Waals surface area contributed by atoms with Gasteiger partial charge in [0.1, 0.15) is 0 Å². The van der Waals surface area contributed by atoms with Crippen LogP contribution in [0.2, 0.25) is 0 Å². The number of aromatic nitrogens is 4.